The lowest BCUT2D eigenvalue weighted by Crippen LogP contribution is -2.53. The monoisotopic (exact) mass is 452 g/mol. The van der Waals surface area contributed by atoms with Gasteiger partial charge in [-0.1, -0.05) is 44.8 Å². The minimum atomic E-state index is -0.338. The normalized spacial score (nSPS) is 60.0. The van der Waals surface area contributed by atoms with E-state index in [9.17, 15) is 5.11 Å². The van der Waals surface area contributed by atoms with Crippen LogP contribution in [0.15, 0.2) is 12.2 Å². The van der Waals surface area contributed by atoms with Crippen LogP contribution in [0, 0.1) is 46.3 Å². The van der Waals surface area contributed by atoms with Crippen molar-refractivity contribution in [3.05, 3.63) is 12.2 Å². The molecule has 1 N–H and O–H groups in total. The number of aliphatic hydroxyl groups is 1. The molecule has 6 saturated carbocycles. The summed E-state index contributed by atoms with van der Waals surface area (Å²) in [5, 5.41) is 11.5. The van der Waals surface area contributed by atoms with Crippen molar-refractivity contribution in [1.29, 1.82) is 0 Å². The van der Waals surface area contributed by atoms with Crippen molar-refractivity contribution in [2.75, 3.05) is 0 Å². The van der Waals surface area contributed by atoms with Gasteiger partial charge in [-0.05, 0) is 125 Å². The summed E-state index contributed by atoms with van der Waals surface area (Å²) in [5.41, 5.74) is 2.31. The second-order valence-corrected chi connectivity index (χ2v) is 14.9. The van der Waals surface area contributed by atoms with Crippen LogP contribution in [-0.4, -0.2) is 22.4 Å². The molecule has 1 aliphatic heterocycles. The van der Waals surface area contributed by atoms with E-state index in [0.29, 0.717) is 22.9 Å². The van der Waals surface area contributed by atoms with E-state index in [1.807, 2.05) is 0 Å². The van der Waals surface area contributed by atoms with Crippen molar-refractivity contribution < 1.29 is 9.84 Å². The van der Waals surface area contributed by atoms with Gasteiger partial charge in [-0.3, -0.25) is 0 Å². The molecule has 2 heteroatoms. The Morgan fingerprint density at radius 2 is 1.67 bits per heavy atom. The number of rotatable bonds is 1. The number of fused-ring (bicyclic) bond motifs is 3. The molecule has 2 nitrogen and oxygen atoms in total. The maximum Gasteiger partial charge on any atom is 0.0930 e. The molecule has 0 bridgehead atoms. The molecule has 6 aliphatic carbocycles. The summed E-state index contributed by atoms with van der Waals surface area (Å²) in [4.78, 5) is 0. The summed E-state index contributed by atoms with van der Waals surface area (Å²) in [7, 11) is 0. The van der Waals surface area contributed by atoms with Crippen LogP contribution >= 0.6 is 0 Å². The lowest BCUT2D eigenvalue weighted by molar-refractivity contribution is -0.0988. The highest BCUT2D eigenvalue weighted by Crippen LogP contribution is 2.70. The maximum atomic E-state index is 11.5. The van der Waals surface area contributed by atoms with Gasteiger partial charge >= 0.3 is 0 Å². The summed E-state index contributed by atoms with van der Waals surface area (Å²) in [6, 6.07) is 0. The zero-order valence-electron chi connectivity index (χ0n) is 21.4. The molecule has 11 unspecified atom stereocenters. The van der Waals surface area contributed by atoms with Crippen molar-refractivity contribution in [3.63, 3.8) is 0 Å². The molecule has 184 valence electrons. The summed E-state index contributed by atoms with van der Waals surface area (Å²) in [6.07, 6.45) is 21.4. The number of ether oxygens (including phenoxy) is 1. The van der Waals surface area contributed by atoms with Gasteiger partial charge in [0.2, 0.25) is 0 Å². The second-order valence-electron chi connectivity index (χ2n) is 14.9. The maximum absolute atomic E-state index is 11.5. The summed E-state index contributed by atoms with van der Waals surface area (Å²) in [5.74, 6) is 4.66. The Balaban J connectivity index is 1.13. The lowest BCUT2D eigenvalue weighted by atomic mass is 9.44. The van der Waals surface area contributed by atoms with Gasteiger partial charge in [-0.2, -0.15) is 0 Å². The van der Waals surface area contributed by atoms with Crippen molar-refractivity contribution in [2.45, 2.75) is 134 Å². The molecular formula is C31H48O2. The van der Waals surface area contributed by atoms with Crippen LogP contribution in [0.1, 0.15) is 117 Å². The quantitative estimate of drug-likeness (QED) is 0.331. The topological polar surface area (TPSA) is 32.8 Å². The lowest BCUT2D eigenvalue weighted by Gasteiger charge is -2.61. The minimum Gasteiger partial charge on any atom is -0.390 e. The first-order chi connectivity index (χ1) is 15.7. The van der Waals surface area contributed by atoms with Gasteiger partial charge in [0.1, 0.15) is 0 Å². The van der Waals surface area contributed by atoms with Crippen LogP contribution in [-0.2, 0) is 4.74 Å². The van der Waals surface area contributed by atoms with Crippen molar-refractivity contribution in [2.24, 2.45) is 46.3 Å². The molecule has 1 saturated heterocycles. The number of epoxide rings is 1. The third-order valence-electron chi connectivity index (χ3n) is 13.0. The molecule has 11 atom stereocenters. The molecule has 0 aromatic rings. The van der Waals surface area contributed by atoms with E-state index in [1.165, 1.54) is 89.9 Å². The highest BCUT2D eigenvalue weighted by Gasteiger charge is 2.68. The van der Waals surface area contributed by atoms with Crippen LogP contribution in [0.25, 0.3) is 0 Å². The van der Waals surface area contributed by atoms with Gasteiger partial charge in [0.05, 0.1) is 17.3 Å². The van der Waals surface area contributed by atoms with E-state index in [0.717, 1.165) is 42.4 Å². The Morgan fingerprint density at radius 1 is 0.818 bits per heavy atom. The Morgan fingerprint density at radius 3 is 2.55 bits per heavy atom. The minimum absolute atomic E-state index is 0.127. The largest absolute Gasteiger partial charge is 0.390 e. The average molecular weight is 453 g/mol. The third-order valence-corrected chi connectivity index (χ3v) is 13.0. The van der Waals surface area contributed by atoms with Crippen LogP contribution in [0.2, 0.25) is 0 Å². The fraction of sp³-hybridized carbons (Fsp3) is 0.935. The molecule has 0 radical (unpaired) electrons. The molecule has 33 heavy (non-hydrogen) atoms. The van der Waals surface area contributed by atoms with Gasteiger partial charge in [-0.15, -0.1) is 0 Å². The Kier molecular flexibility index (Phi) is 4.72. The summed E-state index contributed by atoms with van der Waals surface area (Å²) >= 11 is 0. The third kappa shape index (κ3) is 3.18. The molecule has 0 aromatic heterocycles. The van der Waals surface area contributed by atoms with Gasteiger partial charge in [-0.25, -0.2) is 0 Å². The van der Waals surface area contributed by atoms with Gasteiger partial charge < -0.3 is 9.84 Å². The number of hydrogen-bond donors (Lipinski definition) is 1. The number of allylic oxidation sites excluding steroid dienone is 1. The predicted octanol–water partition coefficient (Wildman–Crippen LogP) is 7.44. The first kappa shape index (κ1) is 21.9. The van der Waals surface area contributed by atoms with Crippen molar-refractivity contribution in [3.8, 4) is 0 Å². The van der Waals surface area contributed by atoms with Crippen molar-refractivity contribution >= 4 is 0 Å². The zero-order chi connectivity index (χ0) is 22.6. The van der Waals surface area contributed by atoms with Gasteiger partial charge in [0.25, 0.3) is 0 Å². The van der Waals surface area contributed by atoms with Crippen LogP contribution in [0.4, 0.5) is 0 Å². The molecule has 1 spiro atoms. The van der Waals surface area contributed by atoms with Crippen LogP contribution in [0.3, 0.4) is 0 Å². The molecular weight excluding hydrogens is 404 g/mol. The van der Waals surface area contributed by atoms with E-state index in [4.69, 9.17) is 11.3 Å². The standard InChI is InChI=1S/C31H48O2/c1-20-15-30(14-11-22(17-30)21-9-10-24-8-4-5-13-31(24,32)18-21)27-29(3,33-27)16-23-7-6-12-28(2)19-25(20)26(23)28/h21-27,32H,1,4-19H2,2-3H3. The Hall–Kier alpha value is -0.340. The Bertz CT molecular complexity index is 835. The average Bonchev–Trinajstić information content (AvgIpc) is 3.24. The predicted molar refractivity (Wildman–Crippen MR) is 133 cm³/mol. The van der Waals surface area contributed by atoms with Crippen LogP contribution < -0.4 is 0 Å². The van der Waals surface area contributed by atoms with E-state index in [2.05, 4.69) is 13.8 Å². The fourth-order valence-electron chi connectivity index (χ4n) is 11.5. The molecule has 7 fully saturated rings. The summed E-state index contributed by atoms with van der Waals surface area (Å²) < 4.78 is 6.75. The van der Waals surface area contributed by atoms with Gasteiger partial charge in [0, 0.05) is 5.41 Å². The first-order valence-electron chi connectivity index (χ1n) is 14.8. The smallest absolute Gasteiger partial charge is 0.0930 e. The molecule has 7 rings (SSSR count). The summed E-state index contributed by atoms with van der Waals surface area (Å²) in [6.45, 7) is 9.86. The highest BCUT2D eigenvalue weighted by atomic mass is 16.6. The van der Waals surface area contributed by atoms with E-state index in [1.54, 1.807) is 5.57 Å². The Labute approximate surface area is 202 Å². The zero-order valence-corrected chi connectivity index (χ0v) is 21.4. The van der Waals surface area contributed by atoms with Crippen LogP contribution in [0.5, 0.6) is 0 Å². The van der Waals surface area contributed by atoms with E-state index in [-0.39, 0.29) is 11.2 Å². The molecule has 0 amide bonds. The molecule has 1 heterocycles. The molecule has 0 aromatic carbocycles. The van der Waals surface area contributed by atoms with E-state index >= 15 is 0 Å². The fourth-order valence-corrected chi connectivity index (χ4v) is 11.5. The second kappa shape index (κ2) is 7.12. The molecule has 7 aliphatic rings. The van der Waals surface area contributed by atoms with E-state index < -0.39 is 0 Å². The number of hydrogen-bond acceptors (Lipinski definition) is 2. The first-order valence-corrected chi connectivity index (χ1v) is 14.8. The van der Waals surface area contributed by atoms with Gasteiger partial charge in [0.15, 0.2) is 0 Å². The SMILES string of the molecule is C=C1CC2(CCC(C3CCC4CCCCC4(O)C3)C2)C2OC2(C)CC2CCCC3(C)CC1C23. The van der Waals surface area contributed by atoms with Crippen molar-refractivity contribution in [1.82, 2.24) is 0 Å². The highest BCUT2D eigenvalue weighted by molar-refractivity contribution is 5.25.